The number of amides is 1. The van der Waals surface area contributed by atoms with E-state index < -0.39 is 0 Å². The Morgan fingerprint density at radius 2 is 1.92 bits per heavy atom. The average molecular weight is 360 g/mol. The summed E-state index contributed by atoms with van der Waals surface area (Å²) in [6.45, 7) is 2.05. The molecule has 0 heterocycles. The molecule has 124 valence electrons. The molecule has 0 aliphatic heterocycles. The molecule has 0 radical (unpaired) electrons. The molecule has 2 atom stereocenters. The molecule has 1 fully saturated rings. The Kier molecular flexibility index (Phi) is 5.02. The van der Waals surface area contributed by atoms with E-state index in [0.29, 0.717) is 16.1 Å². The molecule has 1 aliphatic rings. The van der Waals surface area contributed by atoms with E-state index in [1.807, 2.05) is 12.1 Å². The smallest absolute Gasteiger partial charge is 0.242 e. The van der Waals surface area contributed by atoms with Crippen LogP contribution >= 0.6 is 23.8 Å². The number of hydrogen-bond acceptors (Lipinski definition) is 2. The lowest BCUT2D eigenvalue weighted by Crippen LogP contribution is -2.44. The minimum atomic E-state index is -0.0455. The summed E-state index contributed by atoms with van der Waals surface area (Å²) >= 11 is 11.1. The summed E-state index contributed by atoms with van der Waals surface area (Å²) in [5.74, 6) is 0.242. The van der Waals surface area contributed by atoms with Crippen molar-refractivity contribution in [3.05, 3.63) is 64.7 Å². The van der Waals surface area contributed by atoms with Gasteiger partial charge in [0, 0.05) is 16.6 Å². The van der Waals surface area contributed by atoms with Crippen molar-refractivity contribution in [1.82, 2.24) is 10.9 Å². The molecule has 24 heavy (non-hydrogen) atoms. The maximum absolute atomic E-state index is 12.2. The summed E-state index contributed by atoms with van der Waals surface area (Å²) in [6, 6.07) is 15.5. The first-order chi connectivity index (χ1) is 11.5. The van der Waals surface area contributed by atoms with Gasteiger partial charge in [0.1, 0.15) is 0 Å². The van der Waals surface area contributed by atoms with Crippen LogP contribution in [0, 0.1) is 12.8 Å². The van der Waals surface area contributed by atoms with Crippen molar-refractivity contribution in [2.24, 2.45) is 5.92 Å². The Balaban J connectivity index is 1.46. The van der Waals surface area contributed by atoms with Crippen LogP contribution in [0.15, 0.2) is 48.5 Å². The van der Waals surface area contributed by atoms with E-state index in [0.717, 1.165) is 12.1 Å². The van der Waals surface area contributed by atoms with Gasteiger partial charge in [-0.15, -0.1) is 0 Å². The van der Waals surface area contributed by atoms with Crippen molar-refractivity contribution < 1.29 is 4.79 Å². The van der Waals surface area contributed by atoms with Gasteiger partial charge >= 0.3 is 0 Å². The first kappa shape index (κ1) is 16.7. The minimum absolute atomic E-state index is 0.00539. The molecule has 0 saturated heterocycles. The van der Waals surface area contributed by atoms with Crippen LogP contribution < -0.4 is 16.2 Å². The van der Waals surface area contributed by atoms with Crippen LogP contribution in [0.1, 0.15) is 23.5 Å². The van der Waals surface area contributed by atoms with Gasteiger partial charge in [-0.1, -0.05) is 47.5 Å². The summed E-state index contributed by atoms with van der Waals surface area (Å²) in [6.07, 6.45) is 0.866. The molecule has 2 aromatic rings. The predicted molar refractivity (Wildman–Crippen MR) is 101 cm³/mol. The maximum atomic E-state index is 12.2. The zero-order valence-electron chi connectivity index (χ0n) is 13.2. The molecule has 0 unspecified atom stereocenters. The van der Waals surface area contributed by atoms with Crippen LogP contribution in [-0.4, -0.2) is 11.0 Å². The number of hydrogen-bond donors (Lipinski definition) is 3. The molecule has 4 nitrogen and oxygen atoms in total. The zero-order chi connectivity index (χ0) is 17.1. The van der Waals surface area contributed by atoms with Crippen LogP contribution in [0.4, 0.5) is 5.69 Å². The molecule has 0 aromatic heterocycles. The molecule has 2 aromatic carbocycles. The first-order valence-corrected chi connectivity index (χ1v) is 8.50. The number of nitrogens with one attached hydrogen (secondary N) is 3. The van der Waals surface area contributed by atoms with Crippen molar-refractivity contribution in [2.75, 3.05) is 5.32 Å². The zero-order valence-corrected chi connectivity index (χ0v) is 14.7. The predicted octanol–water partition coefficient (Wildman–Crippen LogP) is 3.77. The van der Waals surface area contributed by atoms with E-state index >= 15 is 0 Å². The fourth-order valence-corrected chi connectivity index (χ4v) is 2.97. The molecule has 6 heteroatoms. The lowest BCUT2D eigenvalue weighted by atomic mass is 10.1. The van der Waals surface area contributed by atoms with Gasteiger partial charge in [-0.05, 0) is 55.2 Å². The van der Waals surface area contributed by atoms with Crippen LogP contribution in [0.5, 0.6) is 0 Å². The molecular weight excluding hydrogens is 342 g/mol. The van der Waals surface area contributed by atoms with E-state index in [1.54, 1.807) is 12.1 Å². The quantitative estimate of drug-likeness (QED) is 0.577. The van der Waals surface area contributed by atoms with Crippen LogP contribution in [0.3, 0.4) is 0 Å². The monoisotopic (exact) mass is 359 g/mol. The fourth-order valence-electron chi connectivity index (χ4n) is 2.61. The summed E-state index contributed by atoms with van der Waals surface area (Å²) in [7, 11) is 0. The Hall–Kier alpha value is -2.11. The summed E-state index contributed by atoms with van der Waals surface area (Å²) < 4.78 is 0. The van der Waals surface area contributed by atoms with Crippen molar-refractivity contribution in [3.8, 4) is 0 Å². The number of halogens is 1. The third-order valence-electron chi connectivity index (χ3n) is 4.01. The van der Waals surface area contributed by atoms with E-state index in [4.69, 9.17) is 23.8 Å². The number of hydrazine groups is 1. The number of thiocarbonyl (C=S) groups is 1. The van der Waals surface area contributed by atoms with Gasteiger partial charge in [0.2, 0.25) is 5.91 Å². The topological polar surface area (TPSA) is 53.2 Å². The third-order valence-corrected chi connectivity index (χ3v) is 4.45. The summed E-state index contributed by atoms with van der Waals surface area (Å²) in [5.41, 5.74) is 8.59. The number of carbonyl (C=O) groups excluding carboxylic acids is 1. The van der Waals surface area contributed by atoms with E-state index in [2.05, 4.69) is 47.4 Å². The highest BCUT2D eigenvalue weighted by Crippen LogP contribution is 2.47. The van der Waals surface area contributed by atoms with E-state index in [1.165, 1.54) is 11.1 Å². The second-order valence-electron chi connectivity index (χ2n) is 5.94. The van der Waals surface area contributed by atoms with Crippen molar-refractivity contribution >= 4 is 40.5 Å². The van der Waals surface area contributed by atoms with Gasteiger partial charge in [0.25, 0.3) is 0 Å². The summed E-state index contributed by atoms with van der Waals surface area (Å²) in [4.78, 5) is 12.2. The summed E-state index contributed by atoms with van der Waals surface area (Å²) in [5, 5.41) is 3.90. The highest BCUT2D eigenvalue weighted by atomic mass is 35.5. The molecule has 0 bridgehead atoms. The third kappa shape index (κ3) is 4.24. The van der Waals surface area contributed by atoms with Crippen LogP contribution in [-0.2, 0) is 4.79 Å². The van der Waals surface area contributed by atoms with Gasteiger partial charge < -0.3 is 5.32 Å². The van der Waals surface area contributed by atoms with E-state index in [-0.39, 0.29) is 11.8 Å². The molecule has 3 rings (SSSR count). The number of aryl methyl sites for hydroxylation is 1. The number of anilines is 1. The van der Waals surface area contributed by atoms with Gasteiger partial charge in [0.05, 0.1) is 0 Å². The highest BCUT2D eigenvalue weighted by molar-refractivity contribution is 7.80. The molecule has 1 aliphatic carbocycles. The Labute approximate surface area is 151 Å². The average Bonchev–Trinajstić information content (AvgIpc) is 3.34. The second-order valence-corrected chi connectivity index (χ2v) is 6.78. The lowest BCUT2D eigenvalue weighted by molar-refractivity contribution is -0.122. The maximum Gasteiger partial charge on any atom is 0.242 e. The normalized spacial score (nSPS) is 18.6. The van der Waals surface area contributed by atoms with Gasteiger partial charge in [0.15, 0.2) is 5.11 Å². The Bertz CT molecular complexity index is 763. The molecule has 1 amide bonds. The van der Waals surface area contributed by atoms with Crippen LogP contribution in [0.25, 0.3) is 0 Å². The lowest BCUT2D eigenvalue weighted by Gasteiger charge is -2.11. The number of carbonyl (C=O) groups is 1. The van der Waals surface area contributed by atoms with Gasteiger partial charge in [-0.25, -0.2) is 0 Å². The van der Waals surface area contributed by atoms with Gasteiger partial charge in [-0.2, -0.15) is 0 Å². The SMILES string of the molecule is Cc1ccc([C@H]2C[C@@H]2C(=O)NNC(=S)Nc2cccc(Cl)c2)cc1. The Morgan fingerprint density at radius 1 is 1.17 bits per heavy atom. The first-order valence-electron chi connectivity index (χ1n) is 7.72. The largest absolute Gasteiger partial charge is 0.331 e. The highest BCUT2D eigenvalue weighted by Gasteiger charge is 2.43. The molecule has 3 N–H and O–H groups in total. The van der Waals surface area contributed by atoms with Crippen molar-refractivity contribution in [3.63, 3.8) is 0 Å². The number of benzene rings is 2. The Morgan fingerprint density at radius 3 is 2.62 bits per heavy atom. The van der Waals surface area contributed by atoms with Crippen molar-refractivity contribution in [1.29, 1.82) is 0 Å². The minimum Gasteiger partial charge on any atom is -0.331 e. The standard InChI is InChI=1S/C18H18ClN3OS/c1-11-5-7-12(8-6-11)15-10-16(15)17(23)21-22-18(24)20-14-4-2-3-13(19)9-14/h2-9,15-16H,10H2,1H3,(H,21,23)(H2,20,22,24)/t15-,16+/m1/s1. The molecular formula is C18H18ClN3OS. The van der Waals surface area contributed by atoms with E-state index in [9.17, 15) is 4.79 Å². The second kappa shape index (κ2) is 7.20. The number of rotatable bonds is 3. The fraction of sp³-hybridized carbons (Fsp3) is 0.222. The van der Waals surface area contributed by atoms with Crippen molar-refractivity contribution in [2.45, 2.75) is 19.3 Å². The molecule has 0 spiro atoms. The molecule has 1 saturated carbocycles. The van der Waals surface area contributed by atoms with Crippen LogP contribution in [0.2, 0.25) is 5.02 Å². The van der Waals surface area contributed by atoms with Gasteiger partial charge in [-0.3, -0.25) is 15.6 Å².